The van der Waals surface area contributed by atoms with E-state index in [1.807, 2.05) is 0 Å². The van der Waals surface area contributed by atoms with Crippen molar-refractivity contribution in [2.75, 3.05) is 13.2 Å². The second kappa shape index (κ2) is 59.8. The van der Waals surface area contributed by atoms with Gasteiger partial charge in [0, 0.05) is 19.3 Å². The van der Waals surface area contributed by atoms with Crippen molar-refractivity contribution in [1.82, 2.24) is 0 Å². The van der Waals surface area contributed by atoms with E-state index in [-0.39, 0.29) is 37.5 Å². The summed E-state index contributed by atoms with van der Waals surface area (Å²) in [5.41, 5.74) is 0. The van der Waals surface area contributed by atoms with Gasteiger partial charge < -0.3 is 14.2 Å². The fourth-order valence-corrected chi connectivity index (χ4v) is 7.47. The lowest BCUT2D eigenvalue weighted by atomic mass is 10.1. The molecule has 0 aliphatic rings. The Bertz CT molecular complexity index is 1630. The van der Waals surface area contributed by atoms with E-state index in [2.05, 4.69) is 167 Å². The largest absolute Gasteiger partial charge is 0.462 e. The van der Waals surface area contributed by atoms with Crippen molar-refractivity contribution < 1.29 is 28.6 Å². The van der Waals surface area contributed by atoms with Gasteiger partial charge in [-0.1, -0.05) is 231 Å². The zero-order valence-electron chi connectivity index (χ0n) is 46.8. The van der Waals surface area contributed by atoms with Crippen LogP contribution in [0.15, 0.2) is 146 Å². The molecule has 0 aromatic heterocycles. The molecule has 0 radical (unpaired) electrons. The van der Waals surface area contributed by atoms with Gasteiger partial charge in [-0.15, -0.1) is 0 Å². The highest BCUT2D eigenvalue weighted by atomic mass is 16.6. The van der Waals surface area contributed by atoms with E-state index in [4.69, 9.17) is 14.2 Å². The first-order valence-electron chi connectivity index (χ1n) is 29.3. The van der Waals surface area contributed by atoms with Gasteiger partial charge >= 0.3 is 17.9 Å². The Kier molecular flexibility index (Phi) is 56.0. The molecule has 0 saturated carbocycles. The van der Waals surface area contributed by atoms with Gasteiger partial charge in [0.05, 0.1) is 0 Å². The Morgan fingerprint density at radius 1 is 0.288 bits per heavy atom. The van der Waals surface area contributed by atoms with Crippen molar-refractivity contribution in [2.24, 2.45) is 0 Å². The summed E-state index contributed by atoms with van der Waals surface area (Å²) < 4.78 is 16.8. The van der Waals surface area contributed by atoms with Gasteiger partial charge in [0.25, 0.3) is 0 Å². The molecule has 0 saturated heterocycles. The van der Waals surface area contributed by atoms with Crippen LogP contribution in [-0.2, 0) is 28.6 Å². The number of esters is 3. The van der Waals surface area contributed by atoms with Crippen LogP contribution in [0, 0.1) is 0 Å². The maximum Gasteiger partial charge on any atom is 0.306 e. The van der Waals surface area contributed by atoms with Gasteiger partial charge in [-0.25, -0.2) is 0 Å². The van der Waals surface area contributed by atoms with Gasteiger partial charge in [0.2, 0.25) is 0 Å². The van der Waals surface area contributed by atoms with E-state index in [0.29, 0.717) is 19.3 Å². The zero-order valence-corrected chi connectivity index (χ0v) is 46.8. The van der Waals surface area contributed by atoms with Crippen LogP contribution in [0.3, 0.4) is 0 Å². The third-order valence-corrected chi connectivity index (χ3v) is 11.8. The average Bonchev–Trinajstić information content (AvgIpc) is 3.39. The molecule has 1 atom stereocenters. The van der Waals surface area contributed by atoms with E-state index in [0.717, 1.165) is 141 Å². The van der Waals surface area contributed by atoms with Crippen LogP contribution < -0.4 is 0 Å². The number of carbonyl (C=O) groups is 3. The van der Waals surface area contributed by atoms with Crippen LogP contribution in [0.5, 0.6) is 0 Å². The third-order valence-electron chi connectivity index (χ3n) is 11.8. The molecule has 0 amide bonds. The fourth-order valence-electron chi connectivity index (χ4n) is 7.47. The monoisotopic (exact) mass is 1010 g/mol. The number of hydrogen-bond donors (Lipinski definition) is 0. The molecule has 0 rings (SSSR count). The lowest BCUT2D eigenvalue weighted by Crippen LogP contribution is -2.30. The number of rotatable bonds is 51. The van der Waals surface area contributed by atoms with Crippen LogP contribution in [0.1, 0.15) is 239 Å². The van der Waals surface area contributed by atoms with Gasteiger partial charge in [-0.2, -0.15) is 0 Å². The maximum absolute atomic E-state index is 12.8. The summed E-state index contributed by atoms with van der Waals surface area (Å²) in [5.74, 6) is -1.00. The highest BCUT2D eigenvalue weighted by Crippen LogP contribution is 2.13. The third kappa shape index (κ3) is 58.1. The van der Waals surface area contributed by atoms with Crippen molar-refractivity contribution in [3.63, 3.8) is 0 Å². The van der Waals surface area contributed by atoms with Gasteiger partial charge in [0.15, 0.2) is 6.10 Å². The molecule has 0 heterocycles. The van der Waals surface area contributed by atoms with Gasteiger partial charge in [-0.3, -0.25) is 14.4 Å². The first-order chi connectivity index (χ1) is 36.0. The van der Waals surface area contributed by atoms with E-state index < -0.39 is 6.10 Å². The van der Waals surface area contributed by atoms with E-state index in [9.17, 15) is 14.4 Å². The van der Waals surface area contributed by atoms with Crippen molar-refractivity contribution >= 4 is 17.9 Å². The van der Waals surface area contributed by atoms with Crippen LogP contribution in [0.25, 0.3) is 0 Å². The van der Waals surface area contributed by atoms with Crippen LogP contribution in [0.4, 0.5) is 0 Å². The predicted octanol–water partition coefficient (Wildman–Crippen LogP) is 20.0. The average molecular weight is 1010 g/mol. The first-order valence-corrected chi connectivity index (χ1v) is 29.3. The minimum atomic E-state index is -0.824. The SMILES string of the molecule is CC/C=C\C/C=C\C/C=C\C/C=C\C/C=C\C/C=C\CCCCCCCCC(=O)OCC(COC(=O)CCCCCCC/C=C\CCCCCC)OC(=O)CCC/C=C\C/C=C\C/C=C\C/C=C\C/C=C\CC. The molecule has 0 aliphatic heterocycles. The minimum absolute atomic E-state index is 0.115. The number of hydrogen-bond acceptors (Lipinski definition) is 6. The van der Waals surface area contributed by atoms with E-state index >= 15 is 0 Å². The van der Waals surface area contributed by atoms with Crippen molar-refractivity contribution in [2.45, 2.75) is 245 Å². The molecular weight excluding hydrogens is 901 g/mol. The van der Waals surface area contributed by atoms with Crippen LogP contribution >= 0.6 is 0 Å². The number of unbranched alkanes of at least 4 members (excludes halogenated alkanes) is 16. The number of allylic oxidation sites excluding steroid dienone is 24. The summed E-state index contributed by atoms with van der Waals surface area (Å²) >= 11 is 0. The Morgan fingerprint density at radius 2 is 0.548 bits per heavy atom. The fraction of sp³-hybridized carbons (Fsp3) is 0.597. The first kappa shape index (κ1) is 68.3. The predicted molar refractivity (Wildman–Crippen MR) is 315 cm³/mol. The van der Waals surface area contributed by atoms with Crippen LogP contribution in [0.2, 0.25) is 0 Å². The summed E-state index contributed by atoms with van der Waals surface area (Å²) in [4.78, 5) is 38.2. The minimum Gasteiger partial charge on any atom is -0.462 e. The molecule has 73 heavy (non-hydrogen) atoms. The molecule has 0 aliphatic carbocycles. The second-order valence-corrected chi connectivity index (χ2v) is 18.8. The lowest BCUT2D eigenvalue weighted by Gasteiger charge is -2.18. The molecular formula is C67H106O6. The Balaban J connectivity index is 4.48. The Hall–Kier alpha value is -4.71. The Labute approximate surface area is 448 Å². The van der Waals surface area contributed by atoms with Crippen LogP contribution in [-0.4, -0.2) is 37.2 Å². The highest BCUT2D eigenvalue weighted by molar-refractivity contribution is 5.71. The standard InChI is InChI=1S/C67H106O6/c1-4-7-10-13-16-19-22-25-27-29-30-31-32-33-34-35-36-38-39-42-45-48-51-54-57-60-66(69)72-63-64(62-71-65(68)59-56-53-50-47-44-41-24-21-18-15-12-9-6-3)73-67(70)61-58-55-52-49-46-43-40-37-28-26-23-20-17-14-11-8-5-2/h7-8,10-11,16-17,19-21,24-28,30-31,33-34,36,38,40,43,49,52,64H,4-6,9,12-15,18,22-23,29,32,35,37,39,41-42,44-48,50-51,53-63H2,1-3H3/b10-7-,11-8-,19-16-,20-17-,24-21-,27-25-,28-26-,31-30-,34-33-,38-36-,43-40-,52-49-. The summed E-state index contributed by atoms with van der Waals surface area (Å²) in [6.07, 6.45) is 85.6. The molecule has 1 unspecified atom stereocenters. The summed E-state index contributed by atoms with van der Waals surface area (Å²) in [6.45, 7) is 6.32. The summed E-state index contributed by atoms with van der Waals surface area (Å²) in [6, 6.07) is 0. The molecule has 0 N–H and O–H groups in total. The quantitative estimate of drug-likeness (QED) is 0.0261. The Morgan fingerprint density at radius 3 is 0.890 bits per heavy atom. The molecule has 6 nitrogen and oxygen atoms in total. The highest BCUT2D eigenvalue weighted by Gasteiger charge is 2.19. The normalized spacial score (nSPS) is 13.2. The number of ether oxygens (including phenoxy) is 3. The summed E-state index contributed by atoms with van der Waals surface area (Å²) in [7, 11) is 0. The van der Waals surface area contributed by atoms with Crippen molar-refractivity contribution in [1.29, 1.82) is 0 Å². The molecule has 6 heteroatoms. The smallest absolute Gasteiger partial charge is 0.306 e. The number of carbonyl (C=O) groups excluding carboxylic acids is 3. The molecule has 410 valence electrons. The molecule has 0 fully saturated rings. The van der Waals surface area contributed by atoms with Crippen molar-refractivity contribution in [3.8, 4) is 0 Å². The maximum atomic E-state index is 12.8. The van der Waals surface area contributed by atoms with E-state index in [1.165, 1.54) is 51.4 Å². The van der Waals surface area contributed by atoms with E-state index in [1.54, 1.807) is 0 Å². The molecule has 0 bridgehead atoms. The molecule has 0 aromatic carbocycles. The van der Waals surface area contributed by atoms with Crippen molar-refractivity contribution in [3.05, 3.63) is 146 Å². The molecule has 0 spiro atoms. The lowest BCUT2D eigenvalue weighted by molar-refractivity contribution is -0.167. The van der Waals surface area contributed by atoms with Gasteiger partial charge in [-0.05, 0) is 135 Å². The second-order valence-electron chi connectivity index (χ2n) is 18.8. The van der Waals surface area contributed by atoms with Gasteiger partial charge in [0.1, 0.15) is 13.2 Å². The molecule has 0 aromatic rings. The zero-order chi connectivity index (χ0) is 52.9. The topological polar surface area (TPSA) is 78.9 Å². The summed E-state index contributed by atoms with van der Waals surface area (Å²) in [5, 5.41) is 0.